The molecule has 2 heterocycles. The van der Waals surface area contributed by atoms with E-state index in [0.717, 1.165) is 12.5 Å². The van der Waals surface area contributed by atoms with E-state index in [2.05, 4.69) is 29.2 Å². The fraction of sp³-hybridized carbons (Fsp3) is 0.917. The van der Waals surface area contributed by atoms with Crippen LogP contribution in [-0.4, -0.2) is 48.5 Å². The molecule has 92 valence electrons. The number of hydrogen-bond acceptors (Lipinski definition) is 3. The second kappa shape index (κ2) is 5.92. The number of likely N-dealkylation sites (tertiary alicyclic amines) is 1. The molecule has 4 heteroatoms. The summed E-state index contributed by atoms with van der Waals surface area (Å²) in [6, 6.07) is 0.604. The van der Waals surface area contributed by atoms with Crippen molar-refractivity contribution in [3.05, 3.63) is 0 Å². The minimum atomic E-state index is 0.604. The molecule has 0 radical (unpaired) electrons. The van der Waals surface area contributed by atoms with Crippen LogP contribution in [0.2, 0.25) is 0 Å². The van der Waals surface area contributed by atoms with E-state index in [9.17, 15) is 0 Å². The molecule has 0 aromatic rings. The summed E-state index contributed by atoms with van der Waals surface area (Å²) in [4.78, 5) is 7.07. The van der Waals surface area contributed by atoms with Gasteiger partial charge in [0.1, 0.15) is 0 Å². The van der Waals surface area contributed by atoms with Gasteiger partial charge in [-0.05, 0) is 52.2 Å². The van der Waals surface area contributed by atoms with E-state index in [0.29, 0.717) is 6.04 Å². The first kappa shape index (κ1) is 12.2. The lowest BCUT2D eigenvalue weighted by atomic mass is 9.94. The Morgan fingerprint density at radius 1 is 1.44 bits per heavy atom. The summed E-state index contributed by atoms with van der Waals surface area (Å²) in [6.07, 6.45) is 3.99. The van der Waals surface area contributed by atoms with Gasteiger partial charge in [-0.2, -0.15) is 0 Å². The molecule has 2 aliphatic rings. The Labute approximate surface area is 103 Å². The quantitative estimate of drug-likeness (QED) is 0.816. The van der Waals surface area contributed by atoms with Crippen LogP contribution in [0.5, 0.6) is 0 Å². The Bertz CT molecular complexity index is 247. The van der Waals surface area contributed by atoms with Crippen LogP contribution in [0.25, 0.3) is 0 Å². The van der Waals surface area contributed by atoms with Crippen molar-refractivity contribution < 1.29 is 0 Å². The van der Waals surface area contributed by atoms with Crippen LogP contribution in [-0.2, 0) is 0 Å². The molecule has 0 saturated carbocycles. The van der Waals surface area contributed by atoms with Gasteiger partial charge in [0.2, 0.25) is 0 Å². The topological polar surface area (TPSA) is 27.6 Å². The van der Waals surface area contributed by atoms with Crippen molar-refractivity contribution in [3.63, 3.8) is 0 Å². The number of nitrogens with one attached hydrogen (secondary N) is 1. The monoisotopic (exact) mass is 241 g/mol. The maximum Gasteiger partial charge on any atom is 0.156 e. The van der Waals surface area contributed by atoms with Gasteiger partial charge >= 0.3 is 0 Å². The molecule has 1 N–H and O–H groups in total. The Balaban J connectivity index is 1.64. The largest absolute Gasteiger partial charge is 0.362 e. The third-order valence-corrected chi connectivity index (χ3v) is 4.66. The van der Waals surface area contributed by atoms with Crippen LogP contribution in [0.1, 0.15) is 26.2 Å². The zero-order valence-corrected chi connectivity index (χ0v) is 11.2. The van der Waals surface area contributed by atoms with Crippen LogP contribution >= 0.6 is 11.8 Å². The zero-order valence-electron chi connectivity index (χ0n) is 10.4. The van der Waals surface area contributed by atoms with E-state index in [4.69, 9.17) is 0 Å². The van der Waals surface area contributed by atoms with Gasteiger partial charge in [0, 0.05) is 18.3 Å². The number of aliphatic imine (C=N–C) groups is 1. The molecule has 3 nitrogen and oxygen atoms in total. The van der Waals surface area contributed by atoms with Crippen molar-refractivity contribution >= 4 is 16.9 Å². The number of hydrogen-bond donors (Lipinski definition) is 1. The summed E-state index contributed by atoms with van der Waals surface area (Å²) < 4.78 is 0. The second-order valence-corrected chi connectivity index (χ2v) is 6.09. The number of amidine groups is 1. The first-order valence-electron chi connectivity index (χ1n) is 6.36. The highest BCUT2D eigenvalue weighted by Gasteiger charge is 2.17. The SMILES string of the molecule is CC1CSC(=NCCC2CCN(C)CC2)N1. The van der Waals surface area contributed by atoms with Crippen LogP contribution in [0.3, 0.4) is 0 Å². The van der Waals surface area contributed by atoms with Crippen molar-refractivity contribution in [1.29, 1.82) is 0 Å². The predicted molar refractivity (Wildman–Crippen MR) is 72.2 cm³/mol. The van der Waals surface area contributed by atoms with Gasteiger partial charge in [-0.15, -0.1) is 0 Å². The van der Waals surface area contributed by atoms with Gasteiger partial charge in [0.15, 0.2) is 5.17 Å². The van der Waals surface area contributed by atoms with Crippen LogP contribution in [0, 0.1) is 5.92 Å². The molecule has 1 unspecified atom stereocenters. The molecular weight excluding hydrogens is 218 g/mol. The fourth-order valence-corrected chi connectivity index (χ4v) is 3.25. The highest BCUT2D eigenvalue weighted by atomic mass is 32.2. The number of nitrogens with zero attached hydrogens (tertiary/aromatic N) is 2. The van der Waals surface area contributed by atoms with Crippen molar-refractivity contribution in [2.45, 2.75) is 32.2 Å². The summed E-state index contributed by atoms with van der Waals surface area (Å²) in [7, 11) is 2.22. The lowest BCUT2D eigenvalue weighted by molar-refractivity contribution is 0.214. The van der Waals surface area contributed by atoms with Crippen molar-refractivity contribution in [3.8, 4) is 0 Å². The molecule has 2 fully saturated rings. The van der Waals surface area contributed by atoms with Crippen LogP contribution < -0.4 is 5.32 Å². The first-order valence-corrected chi connectivity index (χ1v) is 7.35. The molecule has 0 bridgehead atoms. The minimum Gasteiger partial charge on any atom is -0.362 e. The van der Waals surface area contributed by atoms with Gasteiger partial charge < -0.3 is 10.2 Å². The first-order chi connectivity index (χ1) is 7.74. The van der Waals surface area contributed by atoms with Gasteiger partial charge in [-0.1, -0.05) is 11.8 Å². The molecule has 2 saturated heterocycles. The summed E-state index contributed by atoms with van der Waals surface area (Å²) >= 11 is 1.87. The maximum atomic E-state index is 4.64. The predicted octanol–water partition coefficient (Wildman–Crippen LogP) is 1.80. The molecule has 0 amide bonds. The zero-order chi connectivity index (χ0) is 11.4. The van der Waals surface area contributed by atoms with E-state index in [1.165, 1.54) is 43.3 Å². The maximum absolute atomic E-state index is 4.64. The van der Waals surface area contributed by atoms with E-state index < -0.39 is 0 Å². The molecule has 1 atom stereocenters. The summed E-state index contributed by atoms with van der Waals surface area (Å²) in [6.45, 7) is 5.76. The second-order valence-electron chi connectivity index (χ2n) is 5.08. The minimum absolute atomic E-state index is 0.604. The molecule has 0 aromatic carbocycles. The molecule has 2 rings (SSSR count). The van der Waals surface area contributed by atoms with Crippen LogP contribution in [0.4, 0.5) is 0 Å². The smallest absolute Gasteiger partial charge is 0.156 e. The Hall–Kier alpha value is -0.220. The van der Waals surface area contributed by atoms with Gasteiger partial charge in [0.05, 0.1) is 0 Å². The standard InChI is InChI=1S/C12H23N3S/c1-10-9-16-12(14-10)13-6-3-11-4-7-15(2)8-5-11/h10-11H,3-9H2,1-2H3,(H,13,14). The van der Waals surface area contributed by atoms with E-state index >= 15 is 0 Å². The van der Waals surface area contributed by atoms with Gasteiger partial charge in [0.25, 0.3) is 0 Å². The van der Waals surface area contributed by atoms with E-state index in [-0.39, 0.29) is 0 Å². The molecule has 0 spiro atoms. The Morgan fingerprint density at radius 3 is 2.81 bits per heavy atom. The summed E-state index contributed by atoms with van der Waals surface area (Å²) in [5, 5.41) is 4.57. The van der Waals surface area contributed by atoms with E-state index in [1.54, 1.807) is 0 Å². The van der Waals surface area contributed by atoms with Crippen molar-refractivity contribution in [2.75, 3.05) is 32.4 Å². The molecule has 0 aliphatic carbocycles. The fourth-order valence-electron chi connectivity index (χ4n) is 2.29. The molecule has 0 aromatic heterocycles. The molecule has 2 aliphatic heterocycles. The third kappa shape index (κ3) is 3.67. The number of piperidine rings is 1. The summed E-state index contributed by atoms with van der Waals surface area (Å²) in [5.41, 5.74) is 0. The van der Waals surface area contributed by atoms with Crippen LogP contribution in [0.15, 0.2) is 4.99 Å². The average Bonchev–Trinajstić information content (AvgIpc) is 2.67. The van der Waals surface area contributed by atoms with E-state index in [1.807, 2.05) is 11.8 Å². The van der Waals surface area contributed by atoms with Crippen molar-refractivity contribution in [2.24, 2.45) is 10.9 Å². The Kier molecular flexibility index (Phi) is 4.53. The normalized spacial score (nSPS) is 30.9. The number of thioether (sulfide) groups is 1. The Morgan fingerprint density at radius 2 is 2.19 bits per heavy atom. The number of rotatable bonds is 3. The highest BCUT2D eigenvalue weighted by molar-refractivity contribution is 8.14. The van der Waals surface area contributed by atoms with Gasteiger partial charge in [-0.25, -0.2) is 0 Å². The highest BCUT2D eigenvalue weighted by Crippen LogP contribution is 2.20. The molecular formula is C12H23N3S. The average molecular weight is 241 g/mol. The lowest BCUT2D eigenvalue weighted by Gasteiger charge is -2.28. The lowest BCUT2D eigenvalue weighted by Crippen LogP contribution is -2.30. The third-order valence-electron chi connectivity index (χ3n) is 3.47. The van der Waals surface area contributed by atoms with Gasteiger partial charge in [-0.3, -0.25) is 4.99 Å². The summed E-state index contributed by atoms with van der Waals surface area (Å²) in [5.74, 6) is 2.08. The van der Waals surface area contributed by atoms with Crippen molar-refractivity contribution in [1.82, 2.24) is 10.2 Å². The molecule has 16 heavy (non-hydrogen) atoms.